The van der Waals surface area contributed by atoms with Crippen molar-refractivity contribution in [1.82, 2.24) is 0 Å². The Balaban J connectivity index is 2.54. The first kappa shape index (κ1) is 15.2. The average molecular weight is 362 g/mol. The van der Waals surface area contributed by atoms with Crippen molar-refractivity contribution in [3.05, 3.63) is 34.3 Å². The van der Waals surface area contributed by atoms with Crippen molar-refractivity contribution in [3.63, 3.8) is 0 Å². The monoisotopic (exact) mass is 360 g/mol. The molecular weight excluding hydrogens is 340 g/mol. The fourth-order valence-electron chi connectivity index (χ4n) is 2.29. The first-order chi connectivity index (χ1) is 7.78. The van der Waals surface area contributed by atoms with Gasteiger partial charge in [-0.15, -0.1) is 0 Å². The molecule has 0 N–H and O–H groups in total. The van der Waals surface area contributed by atoms with E-state index in [4.69, 9.17) is 0 Å². The summed E-state index contributed by atoms with van der Waals surface area (Å²) in [5.41, 5.74) is 1.79. The van der Waals surface area contributed by atoms with Crippen LogP contribution >= 0.6 is 31.9 Å². The van der Waals surface area contributed by atoms with Gasteiger partial charge in [-0.3, -0.25) is 0 Å². The summed E-state index contributed by atoms with van der Waals surface area (Å²) in [5, 5.41) is 0. The molecule has 0 aliphatic carbocycles. The van der Waals surface area contributed by atoms with Crippen molar-refractivity contribution in [2.24, 2.45) is 11.3 Å². The molecule has 0 saturated carbocycles. The van der Waals surface area contributed by atoms with Crippen LogP contribution in [0.3, 0.4) is 0 Å². The lowest BCUT2D eigenvalue weighted by Crippen LogP contribution is -2.12. The van der Waals surface area contributed by atoms with Gasteiger partial charge in [0.05, 0.1) is 0 Å². The van der Waals surface area contributed by atoms with Crippen LogP contribution in [0.15, 0.2) is 28.7 Å². The van der Waals surface area contributed by atoms with Gasteiger partial charge in [-0.1, -0.05) is 71.7 Å². The number of rotatable bonds is 4. The van der Waals surface area contributed by atoms with Crippen LogP contribution in [-0.2, 0) is 0 Å². The van der Waals surface area contributed by atoms with Gasteiger partial charge in [0.1, 0.15) is 0 Å². The Bertz CT molecular complexity index is 335. The summed E-state index contributed by atoms with van der Waals surface area (Å²) in [6.45, 7) is 9.28. The van der Waals surface area contributed by atoms with E-state index >= 15 is 0 Å². The second-order valence-electron chi connectivity index (χ2n) is 6.12. The van der Waals surface area contributed by atoms with Gasteiger partial charge in [0.2, 0.25) is 0 Å². The molecule has 0 fully saturated rings. The highest BCUT2D eigenvalue weighted by Crippen LogP contribution is 2.35. The minimum atomic E-state index is 0.422. The molecule has 17 heavy (non-hydrogen) atoms. The van der Waals surface area contributed by atoms with Crippen molar-refractivity contribution in [2.45, 2.75) is 45.4 Å². The van der Waals surface area contributed by atoms with Crippen LogP contribution in [0.25, 0.3) is 0 Å². The number of hydrogen-bond acceptors (Lipinski definition) is 0. The zero-order valence-corrected chi connectivity index (χ0v) is 14.3. The Kier molecular flexibility index (Phi) is 5.72. The molecule has 0 heterocycles. The highest BCUT2D eigenvalue weighted by Gasteiger charge is 2.18. The van der Waals surface area contributed by atoms with Crippen molar-refractivity contribution in [3.8, 4) is 0 Å². The zero-order chi connectivity index (χ0) is 13.1. The van der Waals surface area contributed by atoms with E-state index in [9.17, 15) is 0 Å². The lowest BCUT2D eigenvalue weighted by molar-refractivity contribution is 0.296. The average Bonchev–Trinajstić information content (AvgIpc) is 2.15. The quantitative estimate of drug-likeness (QED) is 0.548. The zero-order valence-electron chi connectivity index (χ0n) is 11.1. The molecule has 2 heteroatoms. The highest BCUT2D eigenvalue weighted by atomic mass is 79.9. The van der Waals surface area contributed by atoms with Crippen molar-refractivity contribution in [1.29, 1.82) is 0 Å². The number of hydrogen-bond donors (Lipinski definition) is 0. The van der Waals surface area contributed by atoms with Gasteiger partial charge in [0, 0.05) is 9.30 Å². The maximum absolute atomic E-state index is 3.80. The Morgan fingerprint density at radius 3 is 2.12 bits per heavy atom. The fourth-order valence-corrected chi connectivity index (χ4v) is 3.50. The Morgan fingerprint density at radius 2 is 1.65 bits per heavy atom. The number of halogens is 2. The van der Waals surface area contributed by atoms with Crippen LogP contribution in [0.2, 0.25) is 0 Å². The molecule has 1 aromatic rings. The van der Waals surface area contributed by atoms with Crippen LogP contribution in [0.5, 0.6) is 0 Å². The minimum absolute atomic E-state index is 0.422. The molecule has 1 rings (SSSR count). The van der Waals surface area contributed by atoms with Crippen molar-refractivity contribution < 1.29 is 0 Å². The summed E-state index contributed by atoms with van der Waals surface area (Å²) in [6.07, 6.45) is 2.46. The molecule has 0 bridgehead atoms. The molecule has 0 saturated heterocycles. The molecule has 0 nitrogen and oxygen atoms in total. The van der Waals surface area contributed by atoms with Crippen molar-refractivity contribution in [2.75, 3.05) is 0 Å². The molecule has 2 atom stereocenters. The Labute approximate surface area is 122 Å². The number of alkyl halides is 1. The van der Waals surface area contributed by atoms with Gasteiger partial charge in [-0.25, -0.2) is 0 Å². The molecule has 96 valence electrons. The van der Waals surface area contributed by atoms with Gasteiger partial charge in [0.25, 0.3) is 0 Å². The van der Waals surface area contributed by atoms with Crippen LogP contribution in [0.1, 0.15) is 50.9 Å². The predicted molar refractivity (Wildman–Crippen MR) is 83.7 cm³/mol. The first-order valence-corrected chi connectivity index (χ1v) is 7.88. The third kappa shape index (κ3) is 6.05. The van der Waals surface area contributed by atoms with E-state index in [2.05, 4.69) is 83.8 Å². The van der Waals surface area contributed by atoms with Crippen LogP contribution in [0.4, 0.5) is 0 Å². The summed E-state index contributed by atoms with van der Waals surface area (Å²) in [7, 11) is 0. The summed E-state index contributed by atoms with van der Waals surface area (Å²) in [5.74, 6) is 0.739. The van der Waals surface area contributed by atoms with Crippen molar-refractivity contribution >= 4 is 31.9 Å². The lowest BCUT2D eigenvalue weighted by atomic mass is 9.83. The van der Waals surface area contributed by atoms with E-state index < -0.39 is 0 Å². The van der Waals surface area contributed by atoms with Crippen LogP contribution in [0, 0.1) is 11.3 Å². The third-order valence-electron chi connectivity index (χ3n) is 2.80. The normalized spacial score (nSPS) is 15.6. The molecule has 2 unspecified atom stereocenters. The van der Waals surface area contributed by atoms with Crippen LogP contribution in [-0.4, -0.2) is 0 Å². The molecular formula is C15H22Br2. The summed E-state index contributed by atoms with van der Waals surface area (Å²) in [4.78, 5) is 0.466. The van der Waals surface area contributed by atoms with E-state index in [1.54, 1.807) is 0 Å². The van der Waals surface area contributed by atoms with E-state index in [0.29, 0.717) is 10.2 Å². The standard InChI is InChI=1S/C15H22Br2/c1-11(10-15(2,3)4)9-14(17)12-5-7-13(16)8-6-12/h5-8,11,14H,9-10H2,1-4H3. The van der Waals surface area contributed by atoms with Gasteiger partial charge in [-0.2, -0.15) is 0 Å². The first-order valence-electron chi connectivity index (χ1n) is 6.17. The van der Waals surface area contributed by atoms with E-state index in [0.717, 1.165) is 10.4 Å². The smallest absolute Gasteiger partial charge is 0.0397 e. The second-order valence-corrected chi connectivity index (χ2v) is 8.15. The molecule has 0 radical (unpaired) electrons. The minimum Gasteiger partial charge on any atom is -0.0839 e. The SMILES string of the molecule is CC(CC(Br)c1ccc(Br)cc1)CC(C)(C)C. The Morgan fingerprint density at radius 1 is 1.12 bits per heavy atom. The summed E-state index contributed by atoms with van der Waals surface area (Å²) in [6, 6.07) is 8.59. The van der Waals surface area contributed by atoms with Gasteiger partial charge in [0.15, 0.2) is 0 Å². The molecule has 1 aromatic carbocycles. The maximum atomic E-state index is 3.80. The van der Waals surface area contributed by atoms with E-state index in [1.165, 1.54) is 18.4 Å². The van der Waals surface area contributed by atoms with Gasteiger partial charge in [-0.05, 0) is 41.9 Å². The largest absolute Gasteiger partial charge is 0.0839 e. The number of benzene rings is 1. The molecule has 0 aliphatic heterocycles. The molecule has 0 spiro atoms. The van der Waals surface area contributed by atoms with Gasteiger partial charge >= 0.3 is 0 Å². The van der Waals surface area contributed by atoms with E-state index in [-0.39, 0.29) is 0 Å². The summed E-state index contributed by atoms with van der Waals surface area (Å²) >= 11 is 7.27. The van der Waals surface area contributed by atoms with Crippen LogP contribution < -0.4 is 0 Å². The van der Waals surface area contributed by atoms with E-state index in [1.807, 2.05) is 0 Å². The van der Waals surface area contributed by atoms with Gasteiger partial charge < -0.3 is 0 Å². The topological polar surface area (TPSA) is 0 Å². The summed E-state index contributed by atoms with van der Waals surface area (Å²) < 4.78 is 1.14. The molecule has 0 amide bonds. The molecule has 0 aliphatic rings. The maximum Gasteiger partial charge on any atom is 0.0397 e. The predicted octanol–water partition coefficient (Wildman–Crippen LogP) is 6.35. The molecule has 0 aromatic heterocycles. The highest BCUT2D eigenvalue weighted by molar-refractivity contribution is 9.10. The fraction of sp³-hybridized carbons (Fsp3) is 0.600. The second kappa shape index (κ2) is 6.38. The lowest BCUT2D eigenvalue weighted by Gasteiger charge is -2.25. The third-order valence-corrected chi connectivity index (χ3v) is 4.23. The Hall–Kier alpha value is 0.180.